The summed E-state index contributed by atoms with van der Waals surface area (Å²) in [6.45, 7) is 4.75. The SMILES string of the molecule is O=C(c1ccccc1)C(O)c1ccccc1.O=Cc1ccccc1.[C-]#N.[K+]. The molecule has 0 fully saturated rings. The van der Waals surface area contributed by atoms with Crippen LogP contribution in [0.25, 0.3) is 0 Å². The Kier molecular flexibility index (Phi) is 14.1. The zero-order valence-electron chi connectivity index (χ0n) is 15.0. The second-order valence-electron chi connectivity index (χ2n) is 5.07. The minimum Gasteiger partial charge on any atom is -0.512 e. The first-order chi connectivity index (χ1) is 12.7. The minimum absolute atomic E-state index is 0. The normalized spacial score (nSPS) is 9.74. The van der Waals surface area contributed by atoms with Crippen molar-refractivity contribution in [2.45, 2.75) is 6.10 Å². The third-order valence-electron chi connectivity index (χ3n) is 3.36. The molecule has 0 aliphatic rings. The molecule has 0 amide bonds. The van der Waals surface area contributed by atoms with Gasteiger partial charge in [0, 0.05) is 11.1 Å². The molecule has 0 aliphatic carbocycles. The number of aliphatic hydroxyl groups is 1. The second kappa shape index (κ2) is 15.2. The molecule has 27 heavy (non-hydrogen) atoms. The molecule has 0 aliphatic heterocycles. The first-order valence-corrected chi connectivity index (χ1v) is 7.77. The van der Waals surface area contributed by atoms with E-state index in [1.807, 2.05) is 30.3 Å². The Labute approximate surface area is 201 Å². The Morgan fingerprint density at radius 2 is 1.22 bits per heavy atom. The zero-order chi connectivity index (χ0) is 19.2. The number of nitrogens with zero attached hydrogens (tertiary/aromatic N) is 1. The summed E-state index contributed by atoms with van der Waals surface area (Å²) in [4.78, 5) is 21.9. The first-order valence-electron chi connectivity index (χ1n) is 7.77. The number of rotatable bonds is 4. The van der Waals surface area contributed by atoms with Crippen molar-refractivity contribution in [1.29, 1.82) is 5.26 Å². The van der Waals surface area contributed by atoms with Crippen LogP contribution in [0.1, 0.15) is 32.4 Å². The topological polar surface area (TPSA) is 78.2 Å². The van der Waals surface area contributed by atoms with Gasteiger partial charge in [-0.05, 0) is 5.56 Å². The molecule has 0 saturated heterocycles. The largest absolute Gasteiger partial charge is 1.00 e. The van der Waals surface area contributed by atoms with E-state index >= 15 is 0 Å². The fraction of sp³-hybridized carbons (Fsp3) is 0.0455. The van der Waals surface area contributed by atoms with E-state index in [0.717, 1.165) is 11.8 Å². The summed E-state index contributed by atoms with van der Waals surface area (Å²) < 4.78 is 0. The van der Waals surface area contributed by atoms with Crippen LogP contribution in [0, 0.1) is 11.8 Å². The van der Waals surface area contributed by atoms with Gasteiger partial charge in [-0.3, -0.25) is 9.59 Å². The third kappa shape index (κ3) is 9.02. The van der Waals surface area contributed by atoms with Gasteiger partial charge in [0.15, 0.2) is 5.78 Å². The number of hydrogen-bond donors (Lipinski definition) is 1. The van der Waals surface area contributed by atoms with E-state index in [0.29, 0.717) is 11.1 Å². The van der Waals surface area contributed by atoms with Crippen LogP contribution in [0.2, 0.25) is 0 Å². The number of aldehydes is 1. The van der Waals surface area contributed by atoms with Crippen LogP contribution in [0.5, 0.6) is 0 Å². The van der Waals surface area contributed by atoms with Gasteiger partial charge in [-0.25, -0.2) is 0 Å². The van der Waals surface area contributed by atoms with Crippen molar-refractivity contribution < 1.29 is 66.1 Å². The first kappa shape index (κ1) is 25.1. The smallest absolute Gasteiger partial charge is 0.512 e. The van der Waals surface area contributed by atoms with Crippen LogP contribution in [0.4, 0.5) is 0 Å². The monoisotopic (exact) mass is 383 g/mol. The fourth-order valence-electron chi connectivity index (χ4n) is 2.08. The van der Waals surface area contributed by atoms with Crippen LogP contribution in [-0.2, 0) is 0 Å². The van der Waals surface area contributed by atoms with E-state index < -0.39 is 6.10 Å². The zero-order valence-corrected chi connectivity index (χ0v) is 18.1. The van der Waals surface area contributed by atoms with Gasteiger partial charge in [0.1, 0.15) is 12.4 Å². The van der Waals surface area contributed by atoms with Gasteiger partial charge in [-0.1, -0.05) is 91.0 Å². The van der Waals surface area contributed by atoms with E-state index in [1.54, 1.807) is 60.7 Å². The number of benzene rings is 3. The maximum atomic E-state index is 11.9. The molecule has 0 saturated carbocycles. The van der Waals surface area contributed by atoms with E-state index in [4.69, 9.17) is 11.8 Å². The molecular formula is C22H18KNO3. The molecule has 3 rings (SSSR count). The molecule has 130 valence electrons. The standard InChI is InChI=1S/C14H12O2.C7H6O.CN.K/c15-13(11-7-3-1-4-8-11)14(16)12-9-5-2-6-10-12;8-6-7-4-2-1-3-5-7;1-2;/h1-10,13,15H;1-6H;;/q;;-1;+1. The number of ketones is 1. The Balaban J connectivity index is 0.000000522. The quantitative estimate of drug-likeness (QED) is 0.318. The summed E-state index contributed by atoms with van der Waals surface area (Å²) >= 11 is 0. The molecule has 0 radical (unpaired) electrons. The summed E-state index contributed by atoms with van der Waals surface area (Å²) in [6.07, 6.45) is -0.247. The molecule has 0 bridgehead atoms. The van der Waals surface area contributed by atoms with Crippen LogP contribution < -0.4 is 51.4 Å². The van der Waals surface area contributed by atoms with Crippen LogP contribution >= 0.6 is 0 Å². The predicted octanol–water partition coefficient (Wildman–Crippen LogP) is 1.20. The number of Topliss-reactive ketones (excluding diaryl/α,β-unsaturated/α-hetero) is 1. The van der Waals surface area contributed by atoms with Crippen molar-refractivity contribution in [2.24, 2.45) is 0 Å². The molecule has 1 atom stereocenters. The summed E-state index contributed by atoms with van der Waals surface area (Å²) in [5, 5.41) is 16.1. The van der Waals surface area contributed by atoms with Crippen molar-refractivity contribution in [1.82, 2.24) is 0 Å². The maximum Gasteiger partial charge on any atom is 1.00 e. The molecule has 5 heteroatoms. The molecule has 3 aromatic rings. The van der Waals surface area contributed by atoms with Crippen molar-refractivity contribution >= 4 is 12.1 Å². The Bertz CT molecular complexity index is 806. The van der Waals surface area contributed by atoms with E-state index in [2.05, 4.69) is 0 Å². The molecule has 3 aromatic carbocycles. The second-order valence-corrected chi connectivity index (χ2v) is 5.07. The van der Waals surface area contributed by atoms with Crippen molar-refractivity contribution in [3.05, 3.63) is 114 Å². The van der Waals surface area contributed by atoms with Crippen LogP contribution in [0.15, 0.2) is 91.0 Å². The summed E-state index contributed by atoms with van der Waals surface area (Å²) in [7, 11) is 0. The number of carbonyl (C=O) groups is 2. The molecule has 0 heterocycles. The molecule has 1 N–H and O–H groups in total. The fourth-order valence-corrected chi connectivity index (χ4v) is 2.08. The van der Waals surface area contributed by atoms with Gasteiger partial charge in [0.25, 0.3) is 0 Å². The molecule has 0 spiro atoms. The van der Waals surface area contributed by atoms with Crippen molar-refractivity contribution in [3.8, 4) is 0 Å². The molecule has 0 aromatic heterocycles. The van der Waals surface area contributed by atoms with Crippen LogP contribution in [-0.4, -0.2) is 17.2 Å². The van der Waals surface area contributed by atoms with Crippen molar-refractivity contribution in [2.75, 3.05) is 0 Å². The predicted molar refractivity (Wildman–Crippen MR) is 99.0 cm³/mol. The average molecular weight is 383 g/mol. The Hall–Kier alpha value is -1.91. The minimum atomic E-state index is -1.08. The summed E-state index contributed by atoms with van der Waals surface area (Å²) in [5.74, 6) is -0.271. The van der Waals surface area contributed by atoms with Gasteiger partial charge in [0.05, 0.1) is 0 Å². The molecule has 4 nitrogen and oxygen atoms in total. The van der Waals surface area contributed by atoms with Crippen LogP contribution in [0.3, 0.4) is 0 Å². The van der Waals surface area contributed by atoms with E-state index in [-0.39, 0.29) is 57.2 Å². The van der Waals surface area contributed by atoms with Crippen molar-refractivity contribution in [3.63, 3.8) is 0 Å². The number of aliphatic hydroxyl groups excluding tert-OH is 1. The average Bonchev–Trinajstić information content (AvgIpc) is 2.76. The van der Waals surface area contributed by atoms with E-state index in [1.165, 1.54) is 0 Å². The van der Waals surface area contributed by atoms with Gasteiger partial charge in [-0.2, -0.15) is 0 Å². The molecular weight excluding hydrogens is 365 g/mol. The maximum absolute atomic E-state index is 11.9. The van der Waals surface area contributed by atoms with Gasteiger partial charge in [-0.15, -0.1) is 0 Å². The summed E-state index contributed by atoms with van der Waals surface area (Å²) in [6, 6.07) is 26.8. The van der Waals surface area contributed by atoms with Gasteiger partial charge < -0.3 is 16.9 Å². The van der Waals surface area contributed by atoms with Gasteiger partial charge >= 0.3 is 51.4 Å². The number of carbonyl (C=O) groups excluding carboxylic acids is 2. The number of hydrogen-bond acceptors (Lipinski definition) is 4. The summed E-state index contributed by atoms with van der Waals surface area (Å²) in [5.41, 5.74) is 1.88. The van der Waals surface area contributed by atoms with E-state index in [9.17, 15) is 14.7 Å². The Morgan fingerprint density at radius 1 is 0.815 bits per heavy atom. The Morgan fingerprint density at radius 3 is 1.63 bits per heavy atom. The molecule has 1 unspecified atom stereocenters. The third-order valence-corrected chi connectivity index (χ3v) is 3.36. The van der Waals surface area contributed by atoms with Gasteiger partial charge in [0.2, 0.25) is 0 Å².